The van der Waals surface area contributed by atoms with E-state index in [1.807, 2.05) is 13.8 Å². The highest BCUT2D eigenvalue weighted by molar-refractivity contribution is 5.80. The Morgan fingerprint density at radius 2 is 2.10 bits per heavy atom. The molecule has 1 atom stereocenters. The monoisotopic (exact) mass is 287 g/mol. The first-order valence-corrected chi connectivity index (χ1v) is 7.74. The summed E-state index contributed by atoms with van der Waals surface area (Å²) in [6.45, 7) is 7.30. The number of hydrogen-bond acceptors (Lipinski definition) is 2. The van der Waals surface area contributed by atoms with Crippen molar-refractivity contribution in [3.8, 4) is 0 Å². The second-order valence-corrected chi connectivity index (χ2v) is 5.42. The van der Waals surface area contributed by atoms with E-state index in [9.17, 15) is 4.79 Å². The van der Waals surface area contributed by atoms with Gasteiger partial charge in [-0.3, -0.25) is 4.79 Å². The fraction of sp³-hybridized carbons (Fsp3) is 0.471. The van der Waals surface area contributed by atoms with Gasteiger partial charge in [0.2, 0.25) is 5.91 Å². The highest BCUT2D eigenvalue weighted by atomic mass is 16.1. The molecular weight excluding hydrogens is 262 g/mol. The van der Waals surface area contributed by atoms with Crippen LogP contribution in [0.25, 0.3) is 10.9 Å². The van der Waals surface area contributed by atoms with Gasteiger partial charge in [0.25, 0.3) is 0 Å². The number of benzene rings is 1. The summed E-state index contributed by atoms with van der Waals surface area (Å²) < 4.78 is 2.24. The first kappa shape index (κ1) is 15.6. The Balaban J connectivity index is 1.73. The van der Waals surface area contributed by atoms with E-state index in [4.69, 9.17) is 0 Å². The van der Waals surface area contributed by atoms with Crippen LogP contribution >= 0.6 is 0 Å². The first-order chi connectivity index (χ1) is 10.2. The number of amides is 1. The molecular formula is C17H25N3O. The zero-order valence-corrected chi connectivity index (χ0v) is 12.9. The maximum atomic E-state index is 11.9. The summed E-state index contributed by atoms with van der Waals surface area (Å²) in [5.41, 5.74) is 1.25. The lowest BCUT2D eigenvalue weighted by Crippen LogP contribution is -2.35. The Labute approximate surface area is 126 Å². The van der Waals surface area contributed by atoms with Crippen LogP contribution in [0.1, 0.15) is 20.3 Å². The Hall–Kier alpha value is -1.81. The van der Waals surface area contributed by atoms with E-state index in [1.165, 1.54) is 10.9 Å². The number of aromatic nitrogens is 1. The largest absolute Gasteiger partial charge is 0.356 e. The average Bonchev–Trinajstić information content (AvgIpc) is 2.92. The van der Waals surface area contributed by atoms with Crippen molar-refractivity contribution in [3.05, 3.63) is 36.5 Å². The summed E-state index contributed by atoms with van der Waals surface area (Å²) in [5.74, 6) is 0.158. The van der Waals surface area contributed by atoms with Gasteiger partial charge in [-0.05, 0) is 30.5 Å². The third kappa shape index (κ3) is 4.33. The number of nitrogens with one attached hydrogen (secondary N) is 2. The summed E-state index contributed by atoms with van der Waals surface area (Å²) in [4.78, 5) is 11.9. The molecule has 2 N–H and O–H groups in total. The number of carbonyl (C=O) groups excluding carboxylic acids is 1. The van der Waals surface area contributed by atoms with E-state index in [2.05, 4.69) is 51.7 Å². The second kappa shape index (κ2) is 7.84. The molecule has 0 radical (unpaired) electrons. The van der Waals surface area contributed by atoms with Crippen LogP contribution in [0.15, 0.2) is 36.5 Å². The molecule has 4 nitrogen and oxygen atoms in total. The molecule has 4 heteroatoms. The second-order valence-electron chi connectivity index (χ2n) is 5.42. The number of carbonyl (C=O) groups is 1. The topological polar surface area (TPSA) is 46.1 Å². The normalized spacial score (nSPS) is 12.5. The van der Waals surface area contributed by atoms with Crippen molar-refractivity contribution in [2.75, 3.05) is 19.6 Å². The van der Waals surface area contributed by atoms with E-state index >= 15 is 0 Å². The SMILES string of the molecule is CCNCC(C)C(=O)NCCCn1ccc2ccccc21. The van der Waals surface area contributed by atoms with E-state index in [0.29, 0.717) is 0 Å². The number of rotatable bonds is 8. The first-order valence-electron chi connectivity index (χ1n) is 7.74. The Bertz CT molecular complexity index is 576. The lowest BCUT2D eigenvalue weighted by molar-refractivity contribution is -0.124. The molecule has 1 aromatic heterocycles. The van der Waals surface area contributed by atoms with Crippen molar-refractivity contribution < 1.29 is 4.79 Å². The third-order valence-electron chi connectivity index (χ3n) is 3.70. The van der Waals surface area contributed by atoms with Gasteiger partial charge in [-0.25, -0.2) is 0 Å². The maximum absolute atomic E-state index is 11.9. The summed E-state index contributed by atoms with van der Waals surface area (Å²) in [6.07, 6.45) is 3.05. The summed E-state index contributed by atoms with van der Waals surface area (Å²) in [5, 5.41) is 7.47. The van der Waals surface area contributed by atoms with E-state index < -0.39 is 0 Å². The minimum atomic E-state index is 0.0253. The van der Waals surface area contributed by atoms with Gasteiger partial charge >= 0.3 is 0 Å². The standard InChI is InChI=1S/C17H25N3O/c1-3-18-13-14(2)17(21)19-10-6-11-20-12-9-15-7-4-5-8-16(15)20/h4-5,7-9,12,14,18H,3,6,10-11,13H2,1-2H3,(H,19,21). The van der Waals surface area contributed by atoms with Gasteiger partial charge in [-0.15, -0.1) is 0 Å². The summed E-state index contributed by atoms with van der Waals surface area (Å²) in [6, 6.07) is 10.5. The molecule has 21 heavy (non-hydrogen) atoms. The highest BCUT2D eigenvalue weighted by Crippen LogP contribution is 2.15. The van der Waals surface area contributed by atoms with Gasteiger partial charge in [0.15, 0.2) is 0 Å². The van der Waals surface area contributed by atoms with Gasteiger partial charge < -0.3 is 15.2 Å². The van der Waals surface area contributed by atoms with Crippen molar-refractivity contribution in [2.24, 2.45) is 5.92 Å². The molecule has 1 amide bonds. The van der Waals surface area contributed by atoms with Crippen LogP contribution in [-0.2, 0) is 11.3 Å². The minimum absolute atomic E-state index is 0.0253. The van der Waals surface area contributed by atoms with Gasteiger partial charge in [0.05, 0.1) is 0 Å². The fourth-order valence-corrected chi connectivity index (χ4v) is 2.42. The predicted molar refractivity (Wildman–Crippen MR) is 87.3 cm³/mol. The van der Waals surface area contributed by atoms with Crippen LogP contribution < -0.4 is 10.6 Å². The van der Waals surface area contributed by atoms with Crippen molar-refractivity contribution in [3.63, 3.8) is 0 Å². The molecule has 0 spiro atoms. The van der Waals surface area contributed by atoms with Crippen LogP contribution in [0.5, 0.6) is 0 Å². The lowest BCUT2D eigenvalue weighted by atomic mass is 10.1. The molecule has 1 aromatic carbocycles. The van der Waals surface area contributed by atoms with Crippen LogP contribution in [0.2, 0.25) is 0 Å². The molecule has 114 valence electrons. The lowest BCUT2D eigenvalue weighted by Gasteiger charge is -2.12. The van der Waals surface area contributed by atoms with Crippen LogP contribution in [0.3, 0.4) is 0 Å². The molecule has 2 aromatic rings. The predicted octanol–water partition coefficient (Wildman–Crippen LogP) is 2.39. The molecule has 0 aliphatic carbocycles. The number of hydrogen-bond donors (Lipinski definition) is 2. The van der Waals surface area contributed by atoms with Gasteiger partial charge in [0.1, 0.15) is 0 Å². The van der Waals surface area contributed by atoms with Crippen LogP contribution in [0.4, 0.5) is 0 Å². The molecule has 0 aliphatic rings. The Morgan fingerprint density at radius 3 is 2.90 bits per heavy atom. The van der Waals surface area contributed by atoms with E-state index in [-0.39, 0.29) is 11.8 Å². The molecule has 0 fully saturated rings. The molecule has 0 bridgehead atoms. The number of fused-ring (bicyclic) bond motifs is 1. The Kier molecular flexibility index (Phi) is 5.81. The highest BCUT2D eigenvalue weighted by Gasteiger charge is 2.10. The number of aryl methyl sites for hydroxylation is 1. The number of para-hydroxylation sites is 1. The van der Waals surface area contributed by atoms with Crippen LogP contribution in [-0.4, -0.2) is 30.1 Å². The smallest absolute Gasteiger partial charge is 0.224 e. The summed E-state index contributed by atoms with van der Waals surface area (Å²) in [7, 11) is 0. The van der Waals surface area contributed by atoms with E-state index in [0.717, 1.165) is 32.6 Å². The van der Waals surface area contributed by atoms with Crippen LogP contribution in [0, 0.1) is 5.92 Å². The van der Waals surface area contributed by atoms with Crippen molar-refractivity contribution >= 4 is 16.8 Å². The average molecular weight is 287 g/mol. The molecule has 0 aliphatic heterocycles. The molecule has 1 unspecified atom stereocenters. The van der Waals surface area contributed by atoms with Crippen molar-refractivity contribution in [1.82, 2.24) is 15.2 Å². The maximum Gasteiger partial charge on any atom is 0.224 e. The number of nitrogens with zero attached hydrogens (tertiary/aromatic N) is 1. The van der Waals surface area contributed by atoms with Gasteiger partial charge in [-0.2, -0.15) is 0 Å². The Morgan fingerprint density at radius 1 is 1.29 bits per heavy atom. The molecule has 1 heterocycles. The van der Waals surface area contributed by atoms with Gasteiger partial charge in [0, 0.05) is 37.3 Å². The summed E-state index contributed by atoms with van der Waals surface area (Å²) >= 11 is 0. The molecule has 0 saturated carbocycles. The third-order valence-corrected chi connectivity index (χ3v) is 3.70. The molecule has 2 rings (SSSR count). The van der Waals surface area contributed by atoms with Crippen molar-refractivity contribution in [1.29, 1.82) is 0 Å². The zero-order chi connectivity index (χ0) is 15.1. The minimum Gasteiger partial charge on any atom is -0.356 e. The van der Waals surface area contributed by atoms with E-state index in [1.54, 1.807) is 0 Å². The fourth-order valence-electron chi connectivity index (χ4n) is 2.42. The van der Waals surface area contributed by atoms with Gasteiger partial charge in [-0.1, -0.05) is 32.0 Å². The quantitative estimate of drug-likeness (QED) is 0.732. The van der Waals surface area contributed by atoms with Crippen molar-refractivity contribution in [2.45, 2.75) is 26.8 Å². The zero-order valence-electron chi connectivity index (χ0n) is 12.9. The molecule has 0 saturated heterocycles.